The summed E-state index contributed by atoms with van der Waals surface area (Å²) in [6.07, 6.45) is 0.261. The molecule has 0 aliphatic carbocycles. The van der Waals surface area contributed by atoms with Crippen LogP contribution in [0.2, 0.25) is 0 Å². The molecule has 2 rings (SSSR count). The summed E-state index contributed by atoms with van der Waals surface area (Å²) in [7, 11) is 0. The number of carbonyl (C=O) groups is 2. The quantitative estimate of drug-likeness (QED) is 0.723. The van der Waals surface area contributed by atoms with E-state index in [4.69, 9.17) is 9.47 Å². The van der Waals surface area contributed by atoms with Gasteiger partial charge in [-0.3, -0.25) is 4.79 Å². The second-order valence-electron chi connectivity index (χ2n) is 5.31. The SMILES string of the molecule is CCOC(=O)C[C@@H](c1ccccc1)c1ccc(C(=O)OCC)cc1. The van der Waals surface area contributed by atoms with Gasteiger partial charge in [-0.05, 0) is 37.1 Å². The van der Waals surface area contributed by atoms with Gasteiger partial charge in [0.1, 0.15) is 0 Å². The van der Waals surface area contributed by atoms with Gasteiger partial charge in [-0.1, -0.05) is 42.5 Å². The third-order valence-electron chi connectivity index (χ3n) is 3.70. The molecule has 4 nitrogen and oxygen atoms in total. The van der Waals surface area contributed by atoms with Gasteiger partial charge in [0.15, 0.2) is 0 Å². The zero-order valence-corrected chi connectivity index (χ0v) is 14.0. The maximum Gasteiger partial charge on any atom is 0.338 e. The van der Waals surface area contributed by atoms with Crippen LogP contribution in [0.3, 0.4) is 0 Å². The van der Waals surface area contributed by atoms with Crippen LogP contribution in [-0.4, -0.2) is 25.2 Å². The van der Waals surface area contributed by atoms with Crippen molar-refractivity contribution in [3.8, 4) is 0 Å². The Hall–Kier alpha value is -2.62. The minimum Gasteiger partial charge on any atom is -0.466 e. The zero-order valence-electron chi connectivity index (χ0n) is 14.0. The van der Waals surface area contributed by atoms with Gasteiger partial charge in [-0.2, -0.15) is 0 Å². The van der Waals surface area contributed by atoms with E-state index in [1.54, 1.807) is 26.0 Å². The molecule has 2 aromatic carbocycles. The van der Waals surface area contributed by atoms with E-state index in [-0.39, 0.29) is 24.3 Å². The first-order valence-electron chi connectivity index (χ1n) is 8.13. The lowest BCUT2D eigenvalue weighted by Gasteiger charge is -2.17. The summed E-state index contributed by atoms with van der Waals surface area (Å²) in [5.74, 6) is -0.687. The van der Waals surface area contributed by atoms with E-state index in [0.29, 0.717) is 18.8 Å². The Kier molecular flexibility index (Phi) is 6.55. The zero-order chi connectivity index (χ0) is 17.4. The number of ether oxygens (including phenoxy) is 2. The standard InChI is InChI=1S/C20H22O4/c1-3-23-19(21)14-18(15-8-6-5-7-9-15)16-10-12-17(13-11-16)20(22)24-4-2/h5-13,18H,3-4,14H2,1-2H3/t18-/m0/s1. The second kappa shape index (κ2) is 8.87. The molecule has 0 aromatic heterocycles. The van der Waals surface area contributed by atoms with Crippen LogP contribution in [0, 0.1) is 0 Å². The molecule has 2 aromatic rings. The minimum absolute atomic E-state index is 0.110. The van der Waals surface area contributed by atoms with Crippen molar-refractivity contribution >= 4 is 11.9 Å². The average Bonchev–Trinajstić information content (AvgIpc) is 2.61. The summed E-state index contributed by atoms with van der Waals surface area (Å²) >= 11 is 0. The van der Waals surface area contributed by atoms with Gasteiger partial charge >= 0.3 is 11.9 Å². The van der Waals surface area contributed by atoms with Crippen LogP contribution in [0.25, 0.3) is 0 Å². The normalized spacial score (nSPS) is 11.6. The Morgan fingerprint density at radius 1 is 0.833 bits per heavy atom. The third kappa shape index (κ3) is 4.69. The Morgan fingerprint density at radius 3 is 2.00 bits per heavy atom. The first-order chi connectivity index (χ1) is 11.7. The summed E-state index contributed by atoms with van der Waals surface area (Å²) < 4.78 is 10.1. The van der Waals surface area contributed by atoms with Gasteiger partial charge < -0.3 is 9.47 Å². The third-order valence-corrected chi connectivity index (χ3v) is 3.70. The summed E-state index contributed by atoms with van der Waals surface area (Å²) in [4.78, 5) is 23.7. The summed E-state index contributed by atoms with van der Waals surface area (Å²) in [5.41, 5.74) is 2.50. The molecule has 0 fully saturated rings. The molecule has 0 saturated heterocycles. The van der Waals surface area contributed by atoms with E-state index in [2.05, 4.69) is 0 Å². The fourth-order valence-electron chi connectivity index (χ4n) is 2.57. The molecule has 126 valence electrons. The summed E-state index contributed by atoms with van der Waals surface area (Å²) in [5, 5.41) is 0. The highest BCUT2D eigenvalue weighted by molar-refractivity contribution is 5.89. The Bertz CT molecular complexity index is 662. The number of hydrogen-bond donors (Lipinski definition) is 0. The van der Waals surface area contributed by atoms with Crippen LogP contribution >= 0.6 is 0 Å². The van der Waals surface area contributed by atoms with Crippen molar-refractivity contribution in [1.82, 2.24) is 0 Å². The van der Waals surface area contributed by atoms with Crippen LogP contribution in [0.4, 0.5) is 0 Å². The fraction of sp³-hybridized carbons (Fsp3) is 0.300. The predicted molar refractivity (Wildman–Crippen MR) is 91.9 cm³/mol. The summed E-state index contributed by atoms with van der Waals surface area (Å²) in [6, 6.07) is 17.0. The highest BCUT2D eigenvalue weighted by atomic mass is 16.5. The first kappa shape index (κ1) is 17.7. The van der Waals surface area contributed by atoms with Crippen LogP contribution in [-0.2, 0) is 14.3 Å². The van der Waals surface area contributed by atoms with E-state index in [0.717, 1.165) is 11.1 Å². The Labute approximate surface area is 142 Å². The van der Waals surface area contributed by atoms with E-state index in [9.17, 15) is 9.59 Å². The van der Waals surface area contributed by atoms with E-state index in [1.807, 2.05) is 42.5 Å². The fourth-order valence-corrected chi connectivity index (χ4v) is 2.57. The number of rotatable bonds is 7. The number of esters is 2. The largest absolute Gasteiger partial charge is 0.466 e. The van der Waals surface area contributed by atoms with Crippen molar-refractivity contribution in [3.05, 3.63) is 71.3 Å². The van der Waals surface area contributed by atoms with E-state index >= 15 is 0 Å². The highest BCUT2D eigenvalue weighted by Crippen LogP contribution is 2.28. The minimum atomic E-state index is -0.342. The van der Waals surface area contributed by atoms with Gasteiger partial charge in [-0.15, -0.1) is 0 Å². The molecule has 0 unspecified atom stereocenters. The van der Waals surface area contributed by atoms with Gasteiger partial charge in [0.25, 0.3) is 0 Å². The van der Waals surface area contributed by atoms with Gasteiger partial charge in [-0.25, -0.2) is 4.79 Å². The van der Waals surface area contributed by atoms with E-state index in [1.165, 1.54) is 0 Å². The molecular formula is C20H22O4. The molecule has 24 heavy (non-hydrogen) atoms. The van der Waals surface area contributed by atoms with Crippen molar-refractivity contribution in [2.24, 2.45) is 0 Å². The molecule has 0 amide bonds. The first-order valence-corrected chi connectivity index (χ1v) is 8.13. The Balaban J connectivity index is 2.26. The van der Waals surface area contributed by atoms with Gasteiger partial charge in [0, 0.05) is 5.92 Å². The van der Waals surface area contributed by atoms with Crippen molar-refractivity contribution in [1.29, 1.82) is 0 Å². The molecule has 0 aliphatic heterocycles. The molecule has 0 spiro atoms. The van der Waals surface area contributed by atoms with Crippen LogP contribution < -0.4 is 0 Å². The number of benzene rings is 2. The molecule has 0 aliphatic rings. The Morgan fingerprint density at radius 2 is 1.42 bits per heavy atom. The number of carbonyl (C=O) groups excluding carboxylic acids is 2. The van der Waals surface area contributed by atoms with Crippen LogP contribution in [0.5, 0.6) is 0 Å². The molecule has 0 saturated carbocycles. The lowest BCUT2D eigenvalue weighted by Crippen LogP contribution is -2.12. The van der Waals surface area contributed by atoms with Crippen LogP contribution in [0.15, 0.2) is 54.6 Å². The van der Waals surface area contributed by atoms with Crippen molar-refractivity contribution < 1.29 is 19.1 Å². The predicted octanol–water partition coefficient (Wildman–Crippen LogP) is 3.95. The maximum absolute atomic E-state index is 12.0. The van der Waals surface area contributed by atoms with Gasteiger partial charge in [0.2, 0.25) is 0 Å². The van der Waals surface area contributed by atoms with Crippen molar-refractivity contribution in [2.75, 3.05) is 13.2 Å². The molecule has 0 bridgehead atoms. The highest BCUT2D eigenvalue weighted by Gasteiger charge is 2.19. The second-order valence-corrected chi connectivity index (χ2v) is 5.31. The van der Waals surface area contributed by atoms with E-state index < -0.39 is 0 Å². The smallest absolute Gasteiger partial charge is 0.338 e. The molecular weight excluding hydrogens is 304 g/mol. The topological polar surface area (TPSA) is 52.6 Å². The maximum atomic E-state index is 12.0. The average molecular weight is 326 g/mol. The van der Waals surface area contributed by atoms with Gasteiger partial charge in [0.05, 0.1) is 25.2 Å². The lowest BCUT2D eigenvalue weighted by atomic mass is 9.88. The molecule has 0 N–H and O–H groups in total. The molecule has 0 radical (unpaired) electrons. The molecule has 4 heteroatoms. The lowest BCUT2D eigenvalue weighted by molar-refractivity contribution is -0.143. The number of hydrogen-bond acceptors (Lipinski definition) is 4. The monoisotopic (exact) mass is 326 g/mol. The van der Waals surface area contributed by atoms with Crippen molar-refractivity contribution in [3.63, 3.8) is 0 Å². The van der Waals surface area contributed by atoms with Crippen molar-refractivity contribution in [2.45, 2.75) is 26.2 Å². The van der Waals surface area contributed by atoms with Crippen LogP contribution in [0.1, 0.15) is 47.7 Å². The molecule has 1 atom stereocenters. The molecule has 0 heterocycles. The summed E-state index contributed by atoms with van der Waals surface area (Å²) in [6.45, 7) is 4.28.